The highest BCUT2D eigenvalue weighted by molar-refractivity contribution is 4.83. The largest absolute Gasteiger partial charge is 0.389 e. The van der Waals surface area contributed by atoms with Crippen molar-refractivity contribution in [3.8, 4) is 0 Å². The molecule has 2 fully saturated rings. The van der Waals surface area contributed by atoms with Gasteiger partial charge < -0.3 is 10.4 Å². The second kappa shape index (κ2) is 6.02. The van der Waals surface area contributed by atoms with Crippen molar-refractivity contribution in [2.45, 2.75) is 69.8 Å². The fraction of sp³-hybridized carbons (Fsp3) is 1.00. The molecule has 2 saturated carbocycles. The fourth-order valence-corrected chi connectivity index (χ4v) is 2.81. The smallest absolute Gasteiger partial charge is 0.0771 e. The van der Waals surface area contributed by atoms with E-state index in [2.05, 4.69) is 5.32 Å². The summed E-state index contributed by atoms with van der Waals surface area (Å²) in [6, 6.07) is 0. The molecule has 2 rings (SSSR count). The summed E-state index contributed by atoms with van der Waals surface area (Å²) in [6.45, 7) is 1.91. The molecule has 0 aromatic carbocycles. The first-order chi connectivity index (χ1) is 7.79. The SMILES string of the molecule is OC1(CNCCCC2CC2)CCCCCC1. The molecule has 0 amide bonds. The summed E-state index contributed by atoms with van der Waals surface area (Å²) in [5.74, 6) is 1.04. The molecule has 0 saturated heterocycles. The van der Waals surface area contributed by atoms with E-state index in [-0.39, 0.29) is 0 Å². The van der Waals surface area contributed by atoms with Crippen LogP contribution in [-0.2, 0) is 0 Å². The zero-order valence-corrected chi connectivity index (χ0v) is 10.5. The molecular formula is C14H27NO. The zero-order chi connectivity index (χ0) is 11.3. The van der Waals surface area contributed by atoms with E-state index in [0.717, 1.165) is 31.8 Å². The van der Waals surface area contributed by atoms with Crippen LogP contribution in [0.4, 0.5) is 0 Å². The fourth-order valence-electron chi connectivity index (χ4n) is 2.81. The second-order valence-electron chi connectivity index (χ2n) is 5.90. The lowest BCUT2D eigenvalue weighted by Crippen LogP contribution is -2.40. The summed E-state index contributed by atoms with van der Waals surface area (Å²) in [4.78, 5) is 0. The Labute approximate surface area is 99.8 Å². The van der Waals surface area contributed by atoms with E-state index in [0.29, 0.717) is 0 Å². The Morgan fingerprint density at radius 2 is 1.75 bits per heavy atom. The Kier molecular flexibility index (Phi) is 4.66. The third-order valence-electron chi connectivity index (χ3n) is 4.15. The van der Waals surface area contributed by atoms with Crippen molar-refractivity contribution in [1.82, 2.24) is 5.32 Å². The summed E-state index contributed by atoms with van der Waals surface area (Å²) in [5.41, 5.74) is -0.393. The number of hydrogen-bond acceptors (Lipinski definition) is 2. The van der Waals surface area contributed by atoms with Gasteiger partial charge in [0.15, 0.2) is 0 Å². The van der Waals surface area contributed by atoms with Gasteiger partial charge in [-0.15, -0.1) is 0 Å². The number of hydrogen-bond donors (Lipinski definition) is 2. The van der Waals surface area contributed by atoms with Gasteiger partial charge in [0.05, 0.1) is 5.60 Å². The van der Waals surface area contributed by atoms with Crippen molar-refractivity contribution in [2.75, 3.05) is 13.1 Å². The molecule has 94 valence electrons. The van der Waals surface area contributed by atoms with Gasteiger partial charge in [-0.1, -0.05) is 38.5 Å². The highest BCUT2D eigenvalue weighted by Crippen LogP contribution is 2.33. The lowest BCUT2D eigenvalue weighted by Gasteiger charge is -2.27. The minimum Gasteiger partial charge on any atom is -0.389 e. The molecule has 2 heteroatoms. The predicted octanol–water partition coefficient (Wildman–Crippen LogP) is 2.85. The summed E-state index contributed by atoms with van der Waals surface area (Å²) >= 11 is 0. The van der Waals surface area contributed by atoms with Crippen molar-refractivity contribution in [3.63, 3.8) is 0 Å². The maximum absolute atomic E-state index is 10.4. The molecule has 0 unspecified atom stereocenters. The summed E-state index contributed by atoms with van der Waals surface area (Å²) in [7, 11) is 0. The van der Waals surface area contributed by atoms with Crippen LogP contribution in [0, 0.1) is 5.92 Å². The average molecular weight is 225 g/mol. The van der Waals surface area contributed by atoms with Crippen LogP contribution in [0.15, 0.2) is 0 Å². The predicted molar refractivity (Wildman–Crippen MR) is 67.5 cm³/mol. The first-order valence-electron chi connectivity index (χ1n) is 7.22. The van der Waals surface area contributed by atoms with Crippen LogP contribution in [0.2, 0.25) is 0 Å². The minimum atomic E-state index is -0.393. The normalized spacial score (nSPS) is 25.3. The minimum absolute atomic E-state index is 0.393. The van der Waals surface area contributed by atoms with Gasteiger partial charge in [0, 0.05) is 6.54 Å². The van der Waals surface area contributed by atoms with Gasteiger partial charge in [0.2, 0.25) is 0 Å². The third-order valence-corrected chi connectivity index (χ3v) is 4.15. The first-order valence-corrected chi connectivity index (χ1v) is 7.22. The monoisotopic (exact) mass is 225 g/mol. The molecule has 0 aromatic heterocycles. The molecule has 0 radical (unpaired) electrons. The van der Waals surface area contributed by atoms with Crippen molar-refractivity contribution < 1.29 is 5.11 Å². The molecule has 2 aliphatic carbocycles. The highest BCUT2D eigenvalue weighted by Gasteiger charge is 2.27. The lowest BCUT2D eigenvalue weighted by atomic mass is 9.94. The van der Waals surface area contributed by atoms with Crippen molar-refractivity contribution in [3.05, 3.63) is 0 Å². The van der Waals surface area contributed by atoms with E-state index in [1.807, 2.05) is 0 Å². The van der Waals surface area contributed by atoms with E-state index in [4.69, 9.17) is 0 Å². The van der Waals surface area contributed by atoms with Gasteiger partial charge in [-0.25, -0.2) is 0 Å². The van der Waals surface area contributed by atoms with Crippen LogP contribution in [-0.4, -0.2) is 23.8 Å². The average Bonchev–Trinajstić information content (AvgIpc) is 3.06. The highest BCUT2D eigenvalue weighted by atomic mass is 16.3. The van der Waals surface area contributed by atoms with E-state index in [1.54, 1.807) is 0 Å². The molecule has 0 aliphatic heterocycles. The molecule has 2 N–H and O–H groups in total. The zero-order valence-electron chi connectivity index (χ0n) is 10.5. The Balaban J connectivity index is 1.55. The Morgan fingerprint density at radius 3 is 2.38 bits per heavy atom. The molecule has 2 aliphatic rings. The van der Waals surface area contributed by atoms with Crippen LogP contribution in [0.1, 0.15) is 64.2 Å². The van der Waals surface area contributed by atoms with Gasteiger partial charge in [0.25, 0.3) is 0 Å². The summed E-state index contributed by atoms with van der Waals surface area (Å²) in [5, 5.41) is 13.9. The van der Waals surface area contributed by atoms with Gasteiger partial charge in [-0.05, 0) is 38.1 Å². The molecule has 0 heterocycles. The van der Waals surface area contributed by atoms with Crippen molar-refractivity contribution >= 4 is 0 Å². The number of aliphatic hydroxyl groups is 1. The van der Waals surface area contributed by atoms with Crippen molar-refractivity contribution in [2.24, 2.45) is 5.92 Å². The van der Waals surface area contributed by atoms with Gasteiger partial charge in [-0.2, -0.15) is 0 Å². The van der Waals surface area contributed by atoms with Crippen LogP contribution in [0.3, 0.4) is 0 Å². The quantitative estimate of drug-likeness (QED) is 0.538. The van der Waals surface area contributed by atoms with Crippen LogP contribution >= 0.6 is 0 Å². The van der Waals surface area contributed by atoms with Crippen molar-refractivity contribution in [1.29, 1.82) is 0 Å². The van der Waals surface area contributed by atoms with Gasteiger partial charge >= 0.3 is 0 Å². The van der Waals surface area contributed by atoms with E-state index in [9.17, 15) is 5.11 Å². The molecule has 16 heavy (non-hydrogen) atoms. The Bertz CT molecular complexity index is 193. The summed E-state index contributed by atoms with van der Waals surface area (Å²) in [6.07, 6.45) is 12.7. The van der Waals surface area contributed by atoms with Gasteiger partial charge in [-0.3, -0.25) is 0 Å². The maximum atomic E-state index is 10.4. The topological polar surface area (TPSA) is 32.3 Å². The molecule has 0 atom stereocenters. The standard InChI is InChI=1S/C14H27NO/c16-14(9-3-1-2-4-10-14)12-15-11-5-6-13-7-8-13/h13,15-16H,1-12H2. The van der Waals surface area contributed by atoms with E-state index in [1.165, 1.54) is 51.4 Å². The van der Waals surface area contributed by atoms with Crippen LogP contribution < -0.4 is 5.32 Å². The number of nitrogens with one attached hydrogen (secondary N) is 1. The lowest BCUT2D eigenvalue weighted by molar-refractivity contribution is 0.0254. The molecule has 0 spiro atoms. The maximum Gasteiger partial charge on any atom is 0.0771 e. The number of rotatable bonds is 6. The molecule has 0 bridgehead atoms. The van der Waals surface area contributed by atoms with E-state index >= 15 is 0 Å². The van der Waals surface area contributed by atoms with E-state index < -0.39 is 5.60 Å². The Hall–Kier alpha value is -0.0800. The first kappa shape index (κ1) is 12.4. The molecule has 0 aromatic rings. The Morgan fingerprint density at radius 1 is 1.06 bits per heavy atom. The van der Waals surface area contributed by atoms with Crippen LogP contribution in [0.5, 0.6) is 0 Å². The van der Waals surface area contributed by atoms with Gasteiger partial charge in [0.1, 0.15) is 0 Å². The second-order valence-corrected chi connectivity index (χ2v) is 5.90. The molecule has 2 nitrogen and oxygen atoms in total. The van der Waals surface area contributed by atoms with Crippen LogP contribution in [0.25, 0.3) is 0 Å². The molecular weight excluding hydrogens is 198 g/mol. The third kappa shape index (κ3) is 4.42. The summed E-state index contributed by atoms with van der Waals surface area (Å²) < 4.78 is 0.